The fraction of sp³-hybridized carbons (Fsp3) is 0.500. The first-order valence-corrected chi connectivity index (χ1v) is 4.68. The minimum atomic E-state index is 0.727. The van der Waals surface area contributed by atoms with Crippen LogP contribution in [0.1, 0.15) is 11.8 Å². The highest BCUT2D eigenvalue weighted by Gasteiger charge is 1.91. The highest BCUT2D eigenvalue weighted by Crippen LogP contribution is 2.07. The van der Waals surface area contributed by atoms with Crippen molar-refractivity contribution in [3.05, 3.63) is 22.4 Å². The Labute approximate surface area is 71.1 Å². The molecule has 0 radical (unpaired) electrons. The van der Waals surface area contributed by atoms with Crippen molar-refractivity contribution in [2.75, 3.05) is 13.2 Å². The lowest BCUT2D eigenvalue weighted by Gasteiger charge is -2.00. The van der Waals surface area contributed by atoms with Crippen LogP contribution in [0, 0.1) is 0 Å². The van der Waals surface area contributed by atoms with E-state index in [9.17, 15) is 0 Å². The molecule has 0 atom stereocenters. The van der Waals surface area contributed by atoms with Crippen LogP contribution in [0.4, 0.5) is 0 Å². The Morgan fingerprint density at radius 3 is 3.18 bits per heavy atom. The minimum Gasteiger partial charge on any atom is -0.302 e. The molecule has 0 spiro atoms. The fourth-order valence-electron chi connectivity index (χ4n) is 0.803. The molecule has 1 aromatic heterocycles. The molecule has 3 heteroatoms. The highest BCUT2D eigenvalue weighted by atomic mass is 32.1. The monoisotopic (exact) mass is 171 g/mol. The number of hydrogen-bond donors (Lipinski definition) is 1. The van der Waals surface area contributed by atoms with Gasteiger partial charge in [-0.15, -0.1) is 11.3 Å². The maximum absolute atomic E-state index is 4.99. The number of hydrogen-bond acceptors (Lipinski definition) is 3. The standard InChI is InChI=1S/C8H13NOS/c1-2-10-9-6-5-8-4-3-7-11-8/h3-4,7,9H,2,5-6H2,1H3. The predicted molar refractivity (Wildman–Crippen MR) is 47.7 cm³/mol. The van der Waals surface area contributed by atoms with Crippen molar-refractivity contribution in [2.24, 2.45) is 0 Å². The quantitative estimate of drug-likeness (QED) is 0.539. The molecule has 62 valence electrons. The van der Waals surface area contributed by atoms with Gasteiger partial charge in [0.25, 0.3) is 0 Å². The van der Waals surface area contributed by atoms with E-state index < -0.39 is 0 Å². The fourth-order valence-corrected chi connectivity index (χ4v) is 1.51. The third kappa shape index (κ3) is 3.51. The third-order valence-corrected chi connectivity index (χ3v) is 2.24. The van der Waals surface area contributed by atoms with E-state index in [0.29, 0.717) is 0 Å². The Bertz CT molecular complexity index is 174. The van der Waals surface area contributed by atoms with Crippen LogP contribution < -0.4 is 5.48 Å². The highest BCUT2D eigenvalue weighted by molar-refractivity contribution is 7.09. The summed E-state index contributed by atoms with van der Waals surface area (Å²) >= 11 is 1.79. The van der Waals surface area contributed by atoms with Crippen molar-refractivity contribution >= 4 is 11.3 Å². The summed E-state index contributed by atoms with van der Waals surface area (Å²) in [6.07, 6.45) is 1.05. The van der Waals surface area contributed by atoms with E-state index in [4.69, 9.17) is 4.84 Å². The maximum atomic E-state index is 4.99. The second-order valence-electron chi connectivity index (χ2n) is 2.16. The van der Waals surface area contributed by atoms with E-state index >= 15 is 0 Å². The third-order valence-electron chi connectivity index (χ3n) is 1.30. The predicted octanol–water partition coefficient (Wildman–Crippen LogP) is 1.83. The summed E-state index contributed by atoms with van der Waals surface area (Å²) in [5.74, 6) is 0. The maximum Gasteiger partial charge on any atom is 0.0653 e. The zero-order valence-corrected chi connectivity index (χ0v) is 7.49. The van der Waals surface area contributed by atoms with E-state index in [2.05, 4.69) is 23.0 Å². The molecule has 0 amide bonds. The largest absolute Gasteiger partial charge is 0.302 e. The van der Waals surface area contributed by atoms with Gasteiger partial charge in [-0.2, -0.15) is 0 Å². The van der Waals surface area contributed by atoms with E-state index in [1.165, 1.54) is 4.88 Å². The van der Waals surface area contributed by atoms with Gasteiger partial charge in [-0.25, -0.2) is 5.48 Å². The first-order chi connectivity index (χ1) is 5.43. The van der Waals surface area contributed by atoms with E-state index in [0.717, 1.165) is 19.6 Å². The molecule has 0 fully saturated rings. The molecule has 0 unspecified atom stereocenters. The van der Waals surface area contributed by atoms with Crippen LogP contribution in [-0.2, 0) is 11.3 Å². The summed E-state index contributed by atoms with van der Waals surface area (Å²) in [6, 6.07) is 4.21. The Kier molecular flexibility index (Phi) is 4.19. The van der Waals surface area contributed by atoms with E-state index in [1.807, 2.05) is 6.92 Å². The zero-order chi connectivity index (χ0) is 7.94. The van der Waals surface area contributed by atoms with Crippen LogP contribution in [0.5, 0.6) is 0 Å². The van der Waals surface area contributed by atoms with Gasteiger partial charge in [-0.05, 0) is 24.8 Å². The van der Waals surface area contributed by atoms with Gasteiger partial charge in [0.15, 0.2) is 0 Å². The van der Waals surface area contributed by atoms with Crippen molar-refractivity contribution in [3.8, 4) is 0 Å². The molecule has 2 nitrogen and oxygen atoms in total. The first kappa shape index (κ1) is 8.71. The van der Waals surface area contributed by atoms with Gasteiger partial charge in [0.05, 0.1) is 6.61 Å². The van der Waals surface area contributed by atoms with Crippen molar-refractivity contribution in [1.82, 2.24) is 5.48 Å². The van der Waals surface area contributed by atoms with Gasteiger partial charge in [-0.3, -0.25) is 0 Å². The van der Waals surface area contributed by atoms with Crippen molar-refractivity contribution in [2.45, 2.75) is 13.3 Å². The van der Waals surface area contributed by atoms with Crippen LogP contribution in [-0.4, -0.2) is 13.2 Å². The minimum absolute atomic E-state index is 0.727. The number of rotatable bonds is 5. The van der Waals surface area contributed by atoms with Gasteiger partial charge in [0.2, 0.25) is 0 Å². The Hall–Kier alpha value is -0.380. The van der Waals surface area contributed by atoms with Crippen LogP contribution in [0.15, 0.2) is 17.5 Å². The van der Waals surface area contributed by atoms with E-state index in [1.54, 1.807) is 11.3 Å². The molecule has 0 saturated heterocycles. The normalized spacial score (nSPS) is 10.3. The molecule has 0 bridgehead atoms. The summed E-state index contributed by atoms with van der Waals surface area (Å²) in [4.78, 5) is 6.39. The summed E-state index contributed by atoms with van der Waals surface area (Å²) in [7, 11) is 0. The zero-order valence-electron chi connectivity index (χ0n) is 6.67. The van der Waals surface area contributed by atoms with Gasteiger partial charge in [0.1, 0.15) is 0 Å². The Morgan fingerprint density at radius 1 is 1.64 bits per heavy atom. The molecular weight excluding hydrogens is 158 g/mol. The lowest BCUT2D eigenvalue weighted by atomic mass is 10.3. The molecule has 1 N–H and O–H groups in total. The van der Waals surface area contributed by atoms with Gasteiger partial charge < -0.3 is 4.84 Å². The van der Waals surface area contributed by atoms with Crippen LogP contribution >= 0.6 is 11.3 Å². The van der Waals surface area contributed by atoms with Crippen molar-refractivity contribution in [1.29, 1.82) is 0 Å². The molecular formula is C8H13NOS. The Morgan fingerprint density at radius 2 is 2.55 bits per heavy atom. The van der Waals surface area contributed by atoms with Crippen LogP contribution in [0.2, 0.25) is 0 Å². The van der Waals surface area contributed by atoms with Gasteiger partial charge >= 0.3 is 0 Å². The summed E-state index contributed by atoms with van der Waals surface area (Å²) in [6.45, 7) is 3.59. The van der Waals surface area contributed by atoms with Crippen LogP contribution in [0.25, 0.3) is 0 Å². The average Bonchev–Trinajstić information content (AvgIpc) is 2.50. The molecule has 0 aliphatic rings. The second kappa shape index (κ2) is 5.29. The van der Waals surface area contributed by atoms with Gasteiger partial charge in [0, 0.05) is 11.4 Å². The first-order valence-electron chi connectivity index (χ1n) is 3.80. The number of hydroxylamine groups is 1. The molecule has 1 aromatic rings. The summed E-state index contributed by atoms with van der Waals surface area (Å²) in [5.41, 5.74) is 2.88. The van der Waals surface area contributed by atoms with Crippen LogP contribution in [0.3, 0.4) is 0 Å². The molecule has 0 aliphatic heterocycles. The van der Waals surface area contributed by atoms with Crippen molar-refractivity contribution in [3.63, 3.8) is 0 Å². The smallest absolute Gasteiger partial charge is 0.0653 e. The molecule has 1 rings (SSSR count). The van der Waals surface area contributed by atoms with E-state index in [-0.39, 0.29) is 0 Å². The topological polar surface area (TPSA) is 21.3 Å². The summed E-state index contributed by atoms with van der Waals surface area (Å²) in [5, 5.41) is 2.09. The number of nitrogens with one attached hydrogen (secondary N) is 1. The molecule has 11 heavy (non-hydrogen) atoms. The SMILES string of the molecule is CCONCCc1cccs1. The summed E-state index contributed by atoms with van der Waals surface area (Å²) < 4.78 is 0. The Balaban J connectivity index is 2.04. The number of thiophene rings is 1. The lowest BCUT2D eigenvalue weighted by Crippen LogP contribution is -2.16. The van der Waals surface area contributed by atoms with Crippen molar-refractivity contribution < 1.29 is 4.84 Å². The average molecular weight is 171 g/mol. The molecule has 0 saturated carbocycles. The lowest BCUT2D eigenvalue weighted by molar-refractivity contribution is 0.0520. The second-order valence-corrected chi connectivity index (χ2v) is 3.19. The van der Waals surface area contributed by atoms with Gasteiger partial charge in [-0.1, -0.05) is 6.07 Å². The molecule has 0 aromatic carbocycles. The molecule has 0 aliphatic carbocycles. The molecule has 1 heterocycles.